The molecule has 0 aliphatic rings. The Balaban J connectivity index is 1.61. The highest BCUT2D eigenvalue weighted by Gasteiger charge is 2.12. The molecule has 0 aliphatic carbocycles. The van der Waals surface area contributed by atoms with Gasteiger partial charge in [-0.05, 0) is 42.0 Å². The van der Waals surface area contributed by atoms with Crippen molar-refractivity contribution in [2.75, 3.05) is 5.32 Å². The summed E-state index contributed by atoms with van der Waals surface area (Å²) in [5, 5.41) is 3.46. The first-order valence-corrected chi connectivity index (χ1v) is 8.31. The van der Waals surface area contributed by atoms with E-state index < -0.39 is 17.3 Å². The Morgan fingerprint density at radius 3 is 2.37 bits per heavy atom. The first-order valence-electron chi connectivity index (χ1n) is 8.31. The molecule has 0 fully saturated rings. The van der Waals surface area contributed by atoms with E-state index in [-0.39, 0.29) is 5.56 Å². The second kappa shape index (κ2) is 6.88. The second-order valence-corrected chi connectivity index (χ2v) is 6.00. The summed E-state index contributed by atoms with van der Waals surface area (Å²) in [5.74, 6) is -1.12. The van der Waals surface area contributed by atoms with Crippen molar-refractivity contribution in [3.05, 3.63) is 101 Å². The molecule has 0 atom stereocenters. The third-order valence-electron chi connectivity index (χ3n) is 4.21. The summed E-state index contributed by atoms with van der Waals surface area (Å²) in [6.45, 7) is 0. The second-order valence-electron chi connectivity index (χ2n) is 6.00. The van der Waals surface area contributed by atoms with Gasteiger partial charge in [-0.3, -0.25) is 4.79 Å². The number of hydrogen-bond acceptors (Lipinski definition) is 3. The number of carbonyl (C=O) groups excluding carboxylic acids is 1. The summed E-state index contributed by atoms with van der Waals surface area (Å²) in [5.41, 5.74) is 1.66. The van der Waals surface area contributed by atoms with Gasteiger partial charge in [0.25, 0.3) is 5.91 Å². The average molecular weight is 359 g/mol. The van der Waals surface area contributed by atoms with E-state index >= 15 is 0 Å². The average Bonchev–Trinajstić information content (AvgIpc) is 2.68. The van der Waals surface area contributed by atoms with Crippen molar-refractivity contribution in [1.82, 2.24) is 0 Å². The number of nitrogens with one attached hydrogen (secondary N) is 1. The fraction of sp³-hybridized carbons (Fsp3) is 0. The molecule has 1 heterocycles. The summed E-state index contributed by atoms with van der Waals surface area (Å²) in [4.78, 5) is 24.4. The van der Waals surface area contributed by atoms with Gasteiger partial charge >= 0.3 is 5.63 Å². The molecule has 1 N–H and O–H groups in total. The Kier molecular flexibility index (Phi) is 4.26. The minimum absolute atomic E-state index is 0.0308. The zero-order valence-electron chi connectivity index (χ0n) is 14.1. The molecule has 132 valence electrons. The number of amides is 1. The lowest BCUT2D eigenvalue weighted by atomic mass is 10.1. The molecule has 3 aromatic carbocycles. The molecule has 27 heavy (non-hydrogen) atoms. The lowest BCUT2D eigenvalue weighted by molar-refractivity contribution is 0.102. The molecule has 1 aromatic heterocycles. The van der Waals surface area contributed by atoms with Crippen molar-refractivity contribution < 1.29 is 13.6 Å². The number of para-hydroxylation sites is 1. The van der Waals surface area contributed by atoms with Crippen LogP contribution >= 0.6 is 0 Å². The molecule has 0 radical (unpaired) electrons. The van der Waals surface area contributed by atoms with Gasteiger partial charge < -0.3 is 9.73 Å². The van der Waals surface area contributed by atoms with Gasteiger partial charge in [0, 0.05) is 11.1 Å². The third-order valence-corrected chi connectivity index (χ3v) is 4.21. The molecule has 4 aromatic rings. The monoisotopic (exact) mass is 359 g/mol. The Hall–Kier alpha value is -3.73. The highest BCUT2D eigenvalue weighted by molar-refractivity contribution is 6.04. The van der Waals surface area contributed by atoms with Gasteiger partial charge in [-0.2, -0.15) is 0 Å². The van der Waals surface area contributed by atoms with Crippen LogP contribution in [0.15, 0.2) is 88.1 Å². The molecule has 0 saturated heterocycles. The van der Waals surface area contributed by atoms with Crippen molar-refractivity contribution in [1.29, 1.82) is 0 Å². The zero-order chi connectivity index (χ0) is 18.8. The number of fused-ring (bicyclic) bond motifs is 1. The summed E-state index contributed by atoms with van der Waals surface area (Å²) >= 11 is 0. The summed E-state index contributed by atoms with van der Waals surface area (Å²) in [7, 11) is 0. The van der Waals surface area contributed by atoms with Crippen LogP contribution in [0.25, 0.3) is 22.1 Å². The lowest BCUT2D eigenvalue weighted by Gasteiger charge is -2.07. The van der Waals surface area contributed by atoms with E-state index in [1.54, 1.807) is 48.5 Å². The third kappa shape index (κ3) is 3.35. The maximum absolute atomic E-state index is 13.7. The normalized spacial score (nSPS) is 10.7. The summed E-state index contributed by atoms with van der Waals surface area (Å²) in [6.07, 6.45) is 0. The Labute approximate surface area is 153 Å². The fourth-order valence-electron chi connectivity index (χ4n) is 2.84. The van der Waals surface area contributed by atoms with Crippen LogP contribution < -0.4 is 10.9 Å². The molecule has 0 unspecified atom stereocenters. The van der Waals surface area contributed by atoms with Gasteiger partial charge in [-0.25, -0.2) is 9.18 Å². The summed E-state index contributed by atoms with van der Waals surface area (Å²) < 4.78 is 19.0. The van der Waals surface area contributed by atoms with Gasteiger partial charge in [-0.15, -0.1) is 0 Å². The predicted molar refractivity (Wildman–Crippen MR) is 102 cm³/mol. The molecule has 5 heteroatoms. The van der Waals surface area contributed by atoms with Crippen LogP contribution in [0.5, 0.6) is 0 Å². The Morgan fingerprint density at radius 2 is 1.59 bits per heavy atom. The Bertz CT molecular complexity index is 1200. The topological polar surface area (TPSA) is 59.3 Å². The first-order chi connectivity index (χ1) is 13.1. The van der Waals surface area contributed by atoms with Crippen molar-refractivity contribution in [3.8, 4) is 11.1 Å². The van der Waals surface area contributed by atoms with E-state index in [1.807, 2.05) is 12.1 Å². The van der Waals surface area contributed by atoms with Crippen molar-refractivity contribution in [3.63, 3.8) is 0 Å². The maximum Gasteiger partial charge on any atom is 0.344 e. The van der Waals surface area contributed by atoms with Gasteiger partial charge in [0.05, 0.1) is 11.1 Å². The van der Waals surface area contributed by atoms with Gasteiger partial charge in [0.1, 0.15) is 11.4 Å². The van der Waals surface area contributed by atoms with E-state index in [0.29, 0.717) is 22.4 Å². The molecule has 0 saturated carbocycles. The highest BCUT2D eigenvalue weighted by Crippen LogP contribution is 2.23. The van der Waals surface area contributed by atoms with Crippen LogP contribution in [0.2, 0.25) is 0 Å². The summed E-state index contributed by atoms with van der Waals surface area (Å²) in [6, 6.07) is 21.5. The van der Waals surface area contributed by atoms with Crippen LogP contribution in [0.4, 0.5) is 10.1 Å². The minimum Gasteiger partial charge on any atom is -0.422 e. The van der Waals surface area contributed by atoms with Crippen molar-refractivity contribution in [2.24, 2.45) is 0 Å². The van der Waals surface area contributed by atoms with E-state index in [1.165, 1.54) is 18.2 Å². The molecule has 0 bridgehead atoms. The van der Waals surface area contributed by atoms with Crippen LogP contribution in [0.1, 0.15) is 10.4 Å². The first kappa shape index (κ1) is 16.7. The molecule has 0 aliphatic heterocycles. The number of hydrogen-bond donors (Lipinski definition) is 1. The number of carbonyl (C=O) groups is 1. The minimum atomic E-state index is -0.583. The van der Waals surface area contributed by atoms with Crippen molar-refractivity contribution >= 4 is 22.6 Å². The van der Waals surface area contributed by atoms with Gasteiger partial charge in [-0.1, -0.05) is 42.5 Å². The van der Waals surface area contributed by atoms with E-state index in [2.05, 4.69) is 5.32 Å². The van der Waals surface area contributed by atoms with Gasteiger partial charge in [0.2, 0.25) is 0 Å². The van der Waals surface area contributed by atoms with Crippen LogP contribution in [0, 0.1) is 5.82 Å². The number of benzene rings is 3. The van der Waals surface area contributed by atoms with E-state index in [9.17, 15) is 14.0 Å². The predicted octanol–water partition coefficient (Wildman–Crippen LogP) is 4.85. The molecule has 1 amide bonds. The molecule has 4 rings (SSSR count). The largest absolute Gasteiger partial charge is 0.422 e. The standard InChI is InChI=1S/C22H14FNO3/c23-19-7-3-2-6-17(19)21(25)24-16-11-9-14(10-12-16)18-13-15-5-1-4-8-20(15)27-22(18)26/h1-13H,(H,24,25). The van der Waals surface area contributed by atoms with Crippen molar-refractivity contribution in [2.45, 2.75) is 0 Å². The Morgan fingerprint density at radius 1 is 0.889 bits per heavy atom. The fourth-order valence-corrected chi connectivity index (χ4v) is 2.84. The lowest BCUT2D eigenvalue weighted by Crippen LogP contribution is -2.13. The van der Waals surface area contributed by atoms with Crippen LogP contribution in [0.3, 0.4) is 0 Å². The number of anilines is 1. The molecular formula is C22H14FNO3. The molecular weight excluding hydrogens is 345 g/mol. The van der Waals surface area contributed by atoms with E-state index in [0.717, 1.165) is 5.39 Å². The maximum atomic E-state index is 13.7. The number of halogens is 1. The molecule has 0 spiro atoms. The smallest absolute Gasteiger partial charge is 0.344 e. The van der Waals surface area contributed by atoms with Crippen LogP contribution in [-0.4, -0.2) is 5.91 Å². The SMILES string of the molecule is O=C(Nc1ccc(-c2cc3ccccc3oc2=O)cc1)c1ccccc1F. The zero-order valence-corrected chi connectivity index (χ0v) is 14.1. The number of rotatable bonds is 3. The quantitative estimate of drug-likeness (QED) is 0.532. The molecule has 4 nitrogen and oxygen atoms in total. The highest BCUT2D eigenvalue weighted by atomic mass is 19.1. The van der Waals surface area contributed by atoms with Crippen LogP contribution in [-0.2, 0) is 0 Å². The van der Waals surface area contributed by atoms with Gasteiger partial charge in [0.15, 0.2) is 0 Å². The van der Waals surface area contributed by atoms with E-state index in [4.69, 9.17) is 4.42 Å².